The molecule has 126 valence electrons. The quantitative estimate of drug-likeness (QED) is 0.735. The minimum Gasteiger partial charge on any atom is -0.345 e. The predicted molar refractivity (Wildman–Crippen MR) is 93.5 cm³/mol. The van der Waals surface area contributed by atoms with Crippen molar-refractivity contribution in [2.24, 2.45) is 17.3 Å². The van der Waals surface area contributed by atoms with Crippen molar-refractivity contribution < 1.29 is 9.59 Å². The molecule has 0 spiro atoms. The topological polar surface area (TPSA) is 79.0 Å². The van der Waals surface area contributed by atoms with Crippen LogP contribution in [0.1, 0.15) is 18.7 Å². The first-order chi connectivity index (χ1) is 12.0. The first-order valence-corrected chi connectivity index (χ1v) is 9.02. The molecule has 2 aliphatic rings. The lowest BCUT2D eigenvalue weighted by Gasteiger charge is -2.19. The second-order valence-corrected chi connectivity index (χ2v) is 8.40. The summed E-state index contributed by atoms with van der Waals surface area (Å²) in [5, 5.41) is 0. The lowest BCUT2D eigenvalue weighted by Crippen LogP contribution is -2.35. The molecule has 7 heteroatoms. The number of H-pyrrole nitrogens is 1. The number of piperidine rings is 1. The van der Waals surface area contributed by atoms with Crippen molar-refractivity contribution in [3.8, 4) is 11.4 Å². The minimum atomic E-state index is -0.168. The van der Waals surface area contributed by atoms with Crippen molar-refractivity contribution in [3.63, 3.8) is 0 Å². The highest BCUT2D eigenvalue weighted by molar-refractivity contribution is 7.19. The van der Waals surface area contributed by atoms with E-state index in [1.807, 2.05) is 26.0 Å². The highest BCUT2D eigenvalue weighted by atomic mass is 32.1. The number of amides is 2. The standard InChI is InChI=1S/C18H16N4O2S/c1-18(2)12-13(18)17(24)22(16(12)23)8-9-7-11-14(25-9)10(3-4-19-11)15-20-5-6-21-15/h3-7,12-13H,8H2,1-2H3,(H,20,21). The Morgan fingerprint density at radius 2 is 1.96 bits per heavy atom. The summed E-state index contributed by atoms with van der Waals surface area (Å²) in [7, 11) is 0. The molecule has 3 aromatic rings. The van der Waals surface area contributed by atoms with E-state index in [9.17, 15) is 9.59 Å². The van der Waals surface area contributed by atoms with E-state index < -0.39 is 0 Å². The van der Waals surface area contributed by atoms with Gasteiger partial charge in [0, 0.05) is 29.0 Å². The zero-order chi connectivity index (χ0) is 17.3. The van der Waals surface area contributed by atoms with Crippen LogP contribution in [0.15, 0.2) is 30.7 Å². The van der Waals surface area contributed by atoms with Crippen molar-refractivity contribution in [1.29, 1.82) is 0 Å². The smallest absolute Gasteiger partial charge is 0.234 e. The second kappa shape index (κ2) is 4.76. The Hall–Kier alpha value is -2.54. The van der Waals surface area contributed by atoms with Gasteiger partial charge in [0.25, 0.3) is 0 Å². The number of rotatable bonds is 3. The Morgan fingerprint density at radius 3 is 2.64 bits per heavy atom. The highest BCUT2D eigenvalue weighted by Crippen LogP contribution is 2.63. The predicted octanol–water partition coefficient (Wildman–Crippen LogP) is 2.83. The monoisotopic (exact) mass is 352 g/mol. The number of thiophene rings is 1. The molecular formula is C18H16N4O2S. The van der Waals surface area contributed by atoms with E-state index in [1.165, 1.54) is 4.90 Å². The molecule has 2 amide bonds. The van der Waals surface area contributed by atoms with Crippen LogP contribution in [-0.2, 0) is 16.1 Å². The Labute approximate surface area is 147 Å². The van der Waals surface area contributed by atoms with Crippen LogP contribution < -0.4 is 0 Å². The zero-order valence-electron chi connectivity index (χ0n) is 13.8. The fourth-order valence-electron chi connectivity index (χ4n) is 3.98. The molecule has 1 aliphatic heterocycles. The molecule has 1 saturated carbocycles. The lowest BCUT2D eigenvalue weighted by atomic mass is 10.1. The van der Waals surface area contributed by atoms with E-state index >= 15 is 0 Å². The first kappa shape index (κ1) is 14.8. The molecule has 25 heavy (non-hydrogen) atoms. The van der Waals surface area contributed by atoms with Gasteiger partial charge in [-0.05, 0) is 17.5 Å². The van der Waals surface area contributed by atoms with Gasteiger partial charge in [0.1, 0.15) is 5.82 Å². The summed E-state index contributed by atoms with van der Waals surface area (Å²) in [5.41, 5.74) is 1.67. The number of hydrogen-bond donors (Lipinski definition) is 1. The van der Waals surface area contributed by atoms with Crippen LogP contribution in [0.2, 0.25) is 0 Å². The van der Waals surface area contributed by atoms with E-state index in [2.05, 4.69) is 15.0 Å². The molecule has 1 N–H and O–H groups in total. The maximum absolute atomic E-state index is 12.5. The Morgan fingerprint density at radius 1 is 1.20 bits per heavy atom. The fourth-order valence-corrected chi connectivity index (χ4v) is 5.10. The van der Waals surface area contributed by atoms with Gasteiger partial charge in [-0.3, -0.25) is 19.5 Å². The van der Waals surface area contributed by atoms with E-state index in [0.717, 1.165) is 26.5 Å². The number of aromatic amines is 1. The molecule has 2 fully saturated rings. The van der Waals surface area contributed by atoms with E-state index in [-0.39, 0.29) is 29.1 Å². The molecule has 3 aromatic heterocycles. The van der Waals surface area contributed by atoms with Gasteiger partial charge in [-0.25, -0.2) is 4.98 Å². The number of nitrogens with zero attached hydrogens (tertiary/aromatic N) is 3. The van der Waals surface area contributed by atoms with Crippen LogP contribution in [0.5, 0.6) is 0 Å². The molecule has 0 radical (unpaired) electrons. The van der Waals surface area contributed by atoms with Crippen molar-refractivity contribution in [2.45, 2.75) is 20.4 Å². The third kappa shape index (κ3) is 1.96. The SMILES string of the molecule is CC1(C)C2C(=O)N(Cc3cc4nccc(-c5ncc[nH]5)c4s3)C(=O)C21. The number of pyridine rings is 1. The Bertz CT molecular complexity index is 997. The molecule has 2 atom stereocenters. The van der Waals surface area contributed by atoms with Crippen molar-refractivity contribution in [1.82, 2.24) is 19.9 Å². The third-order valence-electron chi connectivity index (χ3n) is 5.42. The molecule has 6 nitrogen and oxygen atoms in total. The summed E-state index contributed by atoms with van der Waals surface area (Å²) in [6, 6.07) is 3.88. The number of fused-ring (bicyclic) bond motifs is 2. The van der Waals surface area contributed by atoms with Crippen LogP contribution in [-0.4, -0.2) is 31.7 Å². The van der Waals surface area contributed by atoms with Gasteiger partial charge >= 0.3 is 0 Å². The summed E-state index contributed by atoms with van der Waals surface area (Å²) < 4.78 is 1.01. The summed E-state index contributed by atoms with van der Waals surface area (Å²) in [5.74, 6) is 0.461. The largest absolute Gasteiger partial charge is 0.345 e. The highest BCUT2D eigenvalue weighted by Gasteiger charge is 2.72. The van der Waals surface area contributed by atoms with Crippen molar-refractivity contribution >= 4 is 33.4 Å². The maximum atomic E-state index is 12.5. The minimum absolute atomic E-state index is 0.0309. The van der Waals surface area contributed by atoms with Gasteiger partial charge in [-0.2, -0.15) is 0 Å². The van der Waals surface area contributed by atoms with Crippen molar-refractivity contribution in [2.75, 3.05) is 0 Å². The van der Waals surface area contributed by atoms with Crippen LogP contribution in [0.3, 0.4) is 0 Å². The number of imide groups is 1. The summed E-state index contributed by atoms with van der Waals surface area (Å²) in [6.45, 7) is 4.32. The Balaban J connectivity index is 1.48. The average Bonchev–Trinajstić information content (AvgIpc) is 3.06. The number of imidazole rings is 1. The zero-order valence-corrected chi connectivity index (χ0v) is 14.6. The molecule has 2 unspecified atom stereocenters. The summed E-state index contributed by atoms with van der Waals surface area (Å²) in [4.78, 5) is 39.3. The summed E-state index contributed by atoms with van der Waals surface area (Å²) >= 11 is 1.56. The first-order valence-electron chi connectivity index (χ1n) is 8.21. The fraction of sp³-hybridized carbons (Fsp3) is 0.333. The van der Waals surface area contributed by atoms with Gasteiger partial charge in [-0.1, -0.05) is 13.8 Å². The third-order valence-corrected chi connectivity index (χ3v) is 6.56. The lowest BCUT2D eigenvalue weighted by molar-refractivity contribution is -0.143. The maximum Gasteiger partial charge on any atom is 0.234 e. The average molecular weight is 352 g/mol. The van der Waals surface area contributed by atoms with Gasteiger partial charge in [-0.15, -0.1) is 11.3 Å². The van der Waals surface area contributed by atoms with Crippen molar-refractivity contribution in [3.05, 3.63) is 35.6 Å². The molecule has 5 rings (SSSR count). The van der Waals surface area contributed by atoms with Gasteiger partial charge in [0.05, 0.1) is 28.6 Å². The number of hydrogen-bond acceptors (Lipinski definition) is 5. The molecule has 4 heterocycles. The molecule has 1 saturated heterocycles. The number of nitrogens with one attached hydrogen (secondary N) is 1. The molecule has 0 aromatic carbocycles. The number of likely N-dealkylation sites (tertiary alicyclic amines) is 1. The van der Waals surface area contributed by atoms with E-state index in [4.69, 9.17) is 0 Å². The Kier molecular flexibility index (Phi) is 2.81. The number of carbonyl (C=O) groups is 2. The molecule has 0 bridgehead atoms. The summed E-state index contributed by atoms with van der Waals surface area (Å²) in [6.07, 6.45) is 5.25. The second-order valence-electron chi connectivity index (χ2n) is 7.26. The van der Waals surface area contributed by atoms with Gasteiger partial charge in [0.15, 0.2) is 0 Å². The molecule has 1 aliphatic carbocycles. The normalized spacial score (nSPS) is 24.2. The van der Waals surface area contributed by atoms with Crippen LogP contribution in [0.25, 0.3) is 21.6 Å². The van der Waals surface area contributed by atoms with Gasteiger partial charge in [0.2, 0.25) is 11.8 Å². The molecular weight excluding hydrogens is 336 g/mol. The number of carbonyl (C=O) groups excluding carboxylic acids is 2. The van der Waals surface area contributed by atoms with Crippen LogP contribution in [0, 0.1) is 17.3 Å². The van der Waals surface area contributed by atoms with Crippen LogP contribution in [0.4, 0.5) is 0 Å². The van der Waals surface area contributed by atoms with E-state index in [1.54, 1.807) is 29.9 Å². The van der Waals surface area contributed by atoms with Crippen LogP contribution >= 0.6 is 11.3 Å². The van der Waals surface area contributed by atoms with E-state index in [0.29, 0.717) is 6.54 Å². The van der Waals surface area contributed by atoms with Gasteiger partial charge < -0.3 is 4.98 Å². The number of aromatic nitrogens is 3.